The van der Waals surface area contributed by atoms with E-state index in [0.29, 0.717) is 0 Å². The molecule has 1 unspecified atom stereocenters. The molecule has 2 heterocycles. The summed E-state index contributed by atoms with van der Waals surface area (Å²) in [6.07, 6.45) is 0.836. The van der Waals surface area contributed by atoms with Crippen LogP contribution in [-0.4, -0.2) is 9.59 Å². The molecule has 0 saturated heterocycles. The van der Waals surface area contributed by atoms with Gasteiger partial charge in [-0.1, -0.05) is 4.49 Å². The molecule has 0 spiro atoms. The molecule has 3 nitrogen and oxygen atoms in total. The molecule has 0 aliphatic heterocycles. The predicted molar refractivity (Wildman–Crippen MR) is 67.3 cm³/mol. The van der Waals surface area contributed by atoms with Crippen LogP contribution in [0.5, 0.6) is 0 Å². The molecule has 0 radical (unpaired) electrons. The Balaban J connectivity index is 2.14. The molecule has 0 saturated carbocycles. The van der Waals surface area contributed by atoms with Crippen LogP contribution in [0.1, 0.15) is 21.5 Å². The van der Waals surface area contributed by atoms with Crippen molar-refractivity contribution >= 4 is 38.8 Å². The highest BCUT2D eigenvalue weighted by molar-refractivity contribution is 9.10. The van der Waals surface area contributed by atoms with Gasteiger partial charge in [-0.2, -0.15) is 0 Å². The summed E-state index contributed by atoms with van der Waals surface area (Å²) in [5.74, 6) is 0. The summed E-state index contributed by atoms with van der Waals surface area (Å²) in [7, 11) is 0. The standard InChI is InChI=1S/C9H10BrN3S2/c1-5-9(15-13-12-5)7(11)4-8-6(10)2-3-14-8/h2-3,7H,4,11H2,1H3. The fourth-order valence-electron chi connectivity index (χ4n) is 1.34. The van der Waals surface area contributed by atoms with Gasteiger partial charge < -0.3 is 5.73 Å². The van der Waals surface area contributed by atoms with Gasteiger partial charge in [0, 0.05) is 21.8 Å². The number of halogens is 1. The zero-order chi connectivity index (χ0) is 10.8. The lowest BCUT2D eigenvalue weighted by Crippen LogP contribution is -2.12. The summed E-state index contributed by atoms with van der Waals surface area (Å²) in [6.45, 7) is 1.95. The molecule has 0 aliphatic carbocycles. The van der Waals surface area contributed by atoms with Gasteiger partial charge in [0.2, 0.25) is 0 Å². The van der Waals surface area contributed by atoms with E-state index in [0.717, 1.165) is 21.5 Å². The fourth-order valence-corrected chi connectivity index (χ4v) is 3.56. The van der Waals surface area contributed by atoms with Crippen LogP contribution in [0.2, 0.25) is 0 Å². The Labute approximate surface area is 105 Å². The van der Waals surface area contributed by atoms with Crippen molar-refractivity contribution in [2.45, 2.75) is 19.4 Å². The minimum Gasteiger partial charge on any atom is -0.323 e. The Bertz CT molecular complexity index is 452. The van der Waals surface area contributed by atoms with E-state index in [1.807, 2.05) is 13.0 Å². The number of nitrogens with two attached hydrogens (primary N) is 1. The third-order valence-electron chi connectivity index (χ3n) is 2.12. The van der Waals surface area contributed by atoms with E-state index in [-0.39, 0.29) is 6.04 Å². The quantitative estimate of drug-likeness (QED) is 0.948. The number of nitrogens with zero attached hydrogens (tertiary/aromatic N) is 2. The van der Waals surface area contributed by atoms with Gasteiger partial charge in [0.1, 0.15) is 0 Å². The summed E-state index contributed by atoms with van der Waals surface area (Å²) in [5, 5.41) is 6.03. The van der Waals surface area contributed by atoms with Crippen molar-refractivity contribution in [3.05, 3.63) is 31.4 Å². The molecule has 0 aliphatic rings. The topological polar surface area (TPSA) is 51.8 Å². The van der Waals surface area contributed by atoms with E-state index in [4.69, 9.17) is 5.73 Å². The van der Waals surface area contributed by atoms with Crippen molar-refractivity contribution in [3.63, 3.8) is 0 Å². The number of thiophene rings is 1. The van der Waals surface area contributed by atoms with Gasteiger partial charge in [0.05, 0.1) is 10.6 Å². The second-order valence-corrected chi connectivity index (χ2v) is 5.87. The van der Waals surface area contributed by atoms with Crippen LogP contribution < -0.4 is 5.73 Å². The van der Waals surface area contributed by atoms with Crippen LogP contribution in [0.25, 0.3) is 0 Å². The molecule has 15 heavy (non-hydrogen) atoms. The maximum Gasteiger partial charge on any atom is 0.0772 e. The first-order valence-corrected chi connectivity index (χ1v) is 6.89. The number of hydrogen-bond acceptors (Lipinski definition) is 5. The minimum atomic E-state index is -0.0000463. The zero-order valence-corrected chi connectivity index (χ0v) is 11.3. The largest absolute Gasteiger partial charge is 0.323 e. The monoisotopic (exact) mass is 303 g/mol. The van der Waals surface area contributed by atoms with Gasteiger partial charge in [-0.3, -0.25) is 0 Å². The molecule has 2 aromatic heterocycles. The van der Waals surface area contributed by atoms with Crippen molar-refractivity contribution in [2.75, 3.05) is 0 Å². The van der Waals surface area contributed by atoms with Gasteiger partial charge in [-0.15, -0.1) is 16.4 Å². The number of rotatable bonds is 3. The summed E-state index contributed by atoms with van der Waals surface area (Å²) in [6, 6.07) is 2.05. The first-order valence-electron chi connectivity index (χ1n) is 4.44. The Morgan fingerprint density at radius 1 is 1.60 bits per heavy atom. The van der Waals surface area contributed by atoms with E-state index in [9.17, 15) is 0 Å². The Kier molecular flexibility index (Phi) is 3.50. The third-order valence-corrected chi connectivity index (χ3v) is 5.03. The summed E-state index contributed by atoms with van der Waals surface area (Å²) in [5.41, 5.74) is 7.06. The zero-order valence-electron chi connectivity index (χ0n) is 8.11. The first kappa shape index (κ1) is 11.2. The molecule has 2 N–H and O–H groups in total. The SMILES string of the molecule is Cc1nnsc1C(N)Cc1sccc1Br. The van der Waals surface area contributed by atoms with E-state index in [1.54, 1.807) is 11.3 Å². The van der Waals surface area contributed by atoms with Gasteiger partial charge in [-0.05, 0) is 45.8 Å². The Morgan fingerprint density at radius 2 is 2.40 bits per heavy atom. The van der Waals surface area contributed by atoms with E-state index >= 15 is 0 Å². The van der Waals surface area contributed by atoms with Crippen LogP contribution >= 0.6 is 38.8 Å². The van der Waals surface area contributed by atoms with Crippen LogP contribution in [0.15, 0.2) is 15.9 Å². The number of aromatic nitrogens is 2. The van der Waals surface area contributed by atoms with Crippen molar-refractivity contribution in [2.24, 2.45) is 5.73 Å². The second kappa shape index (κ2) is 4.69. The highest BCUT2D eigenvalue weighted by atomic mass is 79.9. The molecule has 6 heteroatoms. The van der Waals surface area contributed by atoms with Gasteiger partial charge in [-0.25, -0.2) is 0 Å². The molecule has 2 rings (SSSR count). The molecule has 80 valence electrons. The van der Waals surface area contributed by atoms with E-state index in [1.165, 1.54) is 16.4 Å². The smallest absolute Gasteiger partial charge is 0.0772 e. The fraction of sp³-hybridized carbons (Fsp3) is 0.333. The average Bonchev–Trinajstić information content (AvgIpc) is 2.76. The lowest BCUT2D eigenvalue weighted by Gasteiger charge is -2.08. The van der Waals surface area contributed by atoms with Crippen LogP contribution in [-0.2, 0) is 6.42 Å². The lowest BCUT2D eigenvalue weighted by molar-refractivity contribution is 0.735. The summed E-state index contributed by atoms with van der Waals surface area (Å²) in [4.78, 5) is 2.35. The van der Waals surface area contributed by atoms with Crippen molar-refractivity contribution < 1.29 is 0 Å². The van der Waals surface area contributed by atoms with Crippen molar-refractivity contribution in [1.29, 1.82) is 0 Å². The predicted octanol–water partition coefficient (Wildman–Crippen LogP) is 2.91. The van der Waals surface area contributed by atoms with Crippen LogP contribution in [0.3, 0.4) is 0 Å². The van der Waals surface area contributed by atoms with Gasteiger partial charge in [0.25, 0.3) is 0 Å². The molecule has 1 atom stereocenters. The Hall–Kier alpha value is -0.300. The van der Waals surface area contributed by atoms with Gasteiger partial charge in [0.15, 0.2) is 0 Å². The summed E-state index contributed by atoms with van der Waals surface area (Å²) >= 11 is 6.61. The summed E-state index contributed by atoms with van der Waals surface area (Å²) < 4.78 is 5.03. The lowest BCUT2D eigenvalue weighted by atomic mass is 10.1. The van der Waals surface area contributed by atoms with Gasteiger partial charge >= 0.3 is 0 Å². The number of aryl methyl sites for hydroxylation is 1. The molecule has 0 aromatic carbocycles. The molecule has 0 bridgehead atoms. The van der Waals surface area contributed by atoms with Crippen molar-refractivity contribution in [3.8, 4) is 0 Å². The van der Waals surface area contributed by atoms with E-state index in [2.05, 4.69) is 30.9 Å². The molecule has 0 amide bonds. The maximum atomic E-state index is 6.12. The van der Waals surface area contributed by atoms with E-state index < -0.39 is 0 Å². The van der Waals surface area contributed by atoms with Crippen LogP contribution in [0.4, 0.5) is 0 Å². The number of hydrogen-bond donors (Lipinski definition) is 1. The minimum absolute atomic E-state index is 0.0000463. The van der Waals surface area contributed by atoms with Crippen molar-refractivity contribution in [1.82, 2.24) is 9.59 Å². The Morgan fingerprint density at radius 3 is 2.93 bits per heavy atom. The molecular formula is C9H10BrN3S2. The highest BCUT2D eigenvalue weighted by Gasteiger charge is 2.15. The highest BCUT2D eigenvalue weighted by Crippen LogP contribution is 2.28. The third kappa shape index (κ3) is 2.44. The maximum absolute atomic E-state index is 6.12. The normalized spacial score (nSPS) is 13.0. The average molecular weight is 304 g/mol. The molecule has 0 fully saturated rings. The van der Waals surface area contributed by atoms with Crippen LogP contribution in [0, 0.1) is 6.92 Å². The first-order chi connectivity index (χ1) is 7.18. The molecule has 2 aromatic rings. The molecular weight excluding hydrogens is 294 g/mol. The second-order valence-electron chi connectivity index (χ2n) is 3.22.